The summed E-state index contributed by atoms with van der Waals surface area (Å²) in [4.78, 5) is 29.2. The molecule has 2 N–H and O–H groups in total. The van der Waals surface area contributed by atoms with Gasteiger partial charge in [-0.1, -0.05) is 37.5 Å². The summed E-state index contributed by atoms with van der Waals surface area (Å²) < 4.78 is 4.55. The van der Waals surface area contributed by atoms with Gasteiger partial charge in [-0.2, -0.15) is 0 Å². The molecule has 0 aliphatic rings. The minimum atomic E-state index is -1.03. The van der Waals surface area contributed by atoms with Gasteiger partial charge in [0.15, 0.2) is 0 Å². The number of hydrogen-bond acceptors (Lipinski definition) is 6. The van der Waals surface area contributed by atoms with Crippen molar-refractivity contribution in [2.45, 2.75) is 26.7 Å². The van der Waals surface area contributed by atoms with Crippen LogP contribution in [0.1, 0.15) is 58.8 Å². The number of rotatable bonds is 2. The Hall–Kier alpha value is -3.08. The fourth-order valence-corrected chi connectivity index (χ4v) is 1.73. The van der Waals surface area contributed by atoms with Crippen molar-refractivity contribution in [2.75, 3.05) is 7.11 Å². The number of hydrogen-bond donors (Lipinski definition) is 1. The first-order valence-corrected chi connectivity index (χ1v) is 8.23. The van der Waals surface area contributed by atoms with E-state index in [4.69, 9.17) is 5.11 Å². The van der Waals surface area contributed by atoms with E-state index < -0.39 is 11.9 Å². The number of carbonyl (C=O) groups excluding carboxylic acids is 1. The van der Waals surface area contributed by atoms with E-state index in [1.54, 1.807) is 24.4 Å². The van der Waals surface area contributed by atoms with Gasteiger partial charge in [-0.15, -0.1) is 0 Å². The number of ether oxygens (including phenoxy) is 1. The van der Waals surface area contributed by atoms with Crippen molar-refractivity contribution < 1.29 is 43.8 Å². The number of carboxylic acid groups (broad SMARTS) is 1. The molecule has 0 aromatic carbocycles. The molecule has 2 aromatic heterocycles. The largest absolute Gasteiger partial charge is 1.00 e. The van der Waals surface area contributed by atoms with Crippen LogP contribution in [0, 0.1) is 23.7 Å². The summed E-state index contributed by atoms with van der Waals surface area (Å²) in [5, 5.41) is 8.62. The Balaban J connectivity index is 0. The summed E-state index contributed by atoms with van der Waals surface area (Å²) in [6, 6.07) is 6.53. The number of methoxy groups -OCH3 is 1. The Bertz CT molecular complexity index is 924. The van der Waals surface area contributed by atoms with E-state index in [1.165, 1.54) is 19.4 Å². The Morgan fingerprint density at radius 2 is 1.41 bits per heavy atom. The molecule has 0 atom stereocenters. The summed E-state index contributed by atoms with van der Waals surface area (Å²) in [6.07, 6.45) is 4.54. The molecular formula is C21H21LiN2O5. The second-order valence-corrected chi connectivity index (χ2v) is 4.97. The van der Waals surface area contributed by atoms with E-state index in [-0.39, 0.29) is 35.7 Å². The van der Waals surface area contributed by atoms with E-state index in [2.05, 4.69) is 38.4 Å². The molecule has 0 aliphatic carbocycles. The van der Waals surface area contributed by atoms with Gasteiger partial charge in [-0.25, -0.2) is 19.6 Å². The molecule has 29 heavy (non-hydrogen) atoms. The van der Waals surface area contributed by atoms with Crippen molar-refractivity contribution in [2.24, 2.45) is 0 Å². The molecule has 0 saturated carbocycles. The van der Waals surface area contributed by atoms with E-state index in [0.29, 0.717) is 5.56 Å². The first-order valence-electron chi connectivity index (χ1n) is 8.23. The molecule has 146 valence electrons. The molecule has 0 fully saturated rings. The summed E-state index contributed by atoms with van der Waals surface area (Å²) in [6.45, 7) is 3.90. The van der Waals surface area contributed by atoms with Gasteiger partial charge in [0.05, 0.1) is 7.11 Å². The van der Waals surface area contributed by atoms with Gasteiger partial charge in [-0.3, -0.25) is 0 Å². The number of nitrogens with zero attached hydrogens (tertiary/aromatic N) is 2. The van der Waals surface area contributed by atoms with Crippen LogP contribution in [0.3, 0.4) is 0 Å². The molecule has 7 nitrogen and oxygen atoms in total. The fraction of sp³-hybridized carbons (Fsp3) is 0.238. The van der Waals surface area contributed by atoms with Crippen LogP contribution in [-0.2, 0) is 4.74 Å². The topological polar surface area (TPSA) is 119 Å². The average Bonchev–Trinajstić information content (AvgIpc) is 2.71. The maximum absolute atomic E-state index is 11.1. The molecular weight excluding hydrogens is 367 g/mol. The summed E-state index contributed by atoms with van der Waals surface area (Å²) in [5.74, 6) is 10.1. The Morgan fingerprint density at radius 1 is 0.966 bits per heavy atom. The number of aromatic carboxylic acids is 1. The smallest absolute Gasteiger partial charge is 0.870 e. The van der Waals surface area contributed by atoms with Crippen molar-refractivity contribution >= 4 is 11.9 Å². The number of aromatic nitrogens is 2. The maximum Gasteiger partial charge on any atom is 1.00 e. The third-order valence-corrected chi connectivity index (χ3v) is 2.95. The van der Waals surface area contributed by atoms with Crippen LogP contribution in [0.15, 0.2) is 36.7 Å². The van der Waals surface area contributed by atoms with Gasteiger partial charge in [-0.05, 0) is 24.3 Å². The zero-order valence-corrected chi connectivity index (χ0v) is 16.9. The first-order chi connectivity index (χ1) is 13.0. The van der Waals surface area contributed by atoms with Crippen molar-refractivity contribution in [1.82, 2.24) is 9.97 Å². The predicted molar refractivity (Wildman–Crippen MR) is 103 cm³/mol. The Morgan fingerprint density at radius 3 is 1.83 bits per heavy atom. The third kappa shape index (κ3) is 10.7. The number of carbonyl (C=O) groups is 2. The van der Waals surface area contributed by atoms with E-state index >= 15 is 0 Å². The molecule has 2 aromatic rings. The fourth-order valence-electron chi connectivity index (χ4n) is 1.73. The summed E-state index contributed by atoms with van der Waals surface area (Å²) >= 11 is 0. The van der Waals surface area contributed by atoms with Crippen LogP contribution in [0.2, 0.25) is 0 Å². The number of esters is 1. The van der Waals surface area contributed by atoms with Gasteiger partial charge in [0.25, 0.3) is 0 Å². The molecule has 0 radical (unpaired) electrons. The maximum atomic E-state index is 11.1. The zero-order valence-electron chi connectivity index (χ0n) is 16.9. The minimum absolute atomic E-state index is 0. The van der Waals surface area contributed by atoms with Crippen LogP contribution in [0.25, 0.3) is 0 Å². The monoisotopic (exact) mass is 388 g/mol. The molecule has 0 spiro atoms. The van der Waals surface area contributed by atoms with Gasteiger partial charge in [0, 0.05) is 36.4 Å². The predicted octanol–water partition coefficient (Wildman–Crippen LogP) is -0.00180. The second-order valence-electron chi connectivity index (χ2n) is 4.97. The molecule has 2 heterocycles. The van der Waals surface area contributed by atoms with Crippen molar-refractivity contribution in [3.63, 3.8) is 0 Å². The van der Waals surface area contributed by atoms with Crippen LogP contribution < -0.4 is 18.9 Å². The number of carboxylic acids is 1. The van der Waals surface area contributed by atoms with Gasteiger partial charge >= 0.3 is 30.8 Å². The molecule has 0 unspecified atom stereocenters. The quantitative estimate of drug-likeness (QED) is 0.437. The average molecular weight is 388 g/mol. The van der Waals surface area contributed by atoms with E-state index in [0.717, 1.165) is 18.4 Å². The minimum Gasteiger partial charge on any atom is -0.870 e. The van der Waals surface area contributed by atoms with Crippen molar-refractivity contribution in [3.05, 3.63) is 59.2 Å². The van der Waals surface area contributed by atoms with Gasteiger partial charge in [0.1, 0.15) is 11.4 Å². The van der Waals surface area contributed by atoms with Crippen LogP contribution in [0.5, 0.6) is 0 Å². The van der Waals surface area contributed by atoms with Crippen molar-refractivity contribution in [3.8, 4) is 23.7 Å². The second kappa shape index (κ2) is 15.9. The van der Waals surface area contributed by atoms with Gasteiger partial charge < -0.3 is 15.3 Å². The molecule has 8 heteroatoms. The normalized spacial score (nSPS) is 8.10. The van der Waals surface area contributed by atoms with Crippen molar-refractivity contribution in [1.29, 1.82) is 0 Å². The summed E-state index contributed by atoms with van der Waals surface area (Å²) in [5.41, 5.74) is 1.79. The summed E-state index contributed by atoms with van der Waals surface area (Å²) in [7, 11) is 1.33. The van der Waals surface area contributed by atoms with Crippen LogP contribution >= 0.6 is 0 Å². The third-order valence-electron chi connectivity index (χ3n) is 2.95. The standard InChI is InChI=1S/C11H11NO2.C10H9NO2.Li.H2O/c1-3-4-5-9-6-7-12-10(8-9)11(13)14-2;1-2-3-4-8-5-6-11-9(7-8)10(12)13;;/h6-8H,3H2,1-2H3;5-7H,2H2,1H3,(H,12,13);;1H2/q;;+1;/p-1. The van der Waals surface area contributed by atoms with E-state index in [1.807, 2.05) is 13.8 Å². The Kier molecular flexibility index (Phi) is 15.4. The molecule has 0 aliphatic heterocycles. The molecule has 0 bridgehead atoms. The first kappa shape index (κ1) is 28.1. The van der Waals surface area contributed by atoms with E-state index in [9.17, 15) is 9.59 Å². The van der Waals surface area contributed by atoms with Crippen LogP contribution in [-0.4, -0.2) is 39.6 Å². The number of pyridine rings is 2. The van der Waals surface area contributed by atoms with Crippen LogP contribution in [0.4, 0.5) is 0 Å². The zero-order chi connectivity index (χ0) is 20.1. The Labute approximate surface area is 182 Å². The molecule has 0 saturated heterocycles. The van der Waals surface area contributed by atoms with Gasteiger partial charge in [0.2, 0.25) is 0 Å². The molecule has 0 amide bonds. The SMILES string of the molecule is CCC#Cc1ccnc(C(=O)O)c1.CCC#Cc1ccnc(C(=O)OC)c1.[Li+].[OH-]. The molecule has 2 rings (SSSR count).